The zero-order valence-corrected chi connectivity index (χ0v) is 15.7. The molecule has 3 N–H and O–H groups in total. The van der Waals surface area contributed by atoms with Crippen LogP contribution in [0, 0.1) is 0 Å². The van der Waals surface area contributed by atoms with E-state index in [-0.39, 0.29) is 24.8 Å². The van der Waals surface area contributed by atoms with E-state index in [2.05, 4.69) is 11.6 Å². The molecule has 9 nitrogen and oxygen atoms in total. The summed E-state index contributed by atoms with van der Waals surface area (Å²) in [5, 5.41) is 10.8. The van der Waals surface area contributed by atoms with E-state index >= 15 is 0 Å². The molecule has 4 rings (SSSR count). The highest BCUT2D eigenvalue weighted by molar-refractivity contribution is 5.62. The standard InChI is InChI=1S/C19H21N3O6/c1-4-6-22-18(24)13(17(23)20-19(22)25)14-12-10(5-7-21(14)2)8-11-15(16(12)26-3)28-9-27-11/h4,8,14,24H,1,5-7,9H2,2-3H3,(H,20,23,25)/p+1/t14-/m0/s1. The van der Waals surface area contributed by atoms with Crippen molar-refractivity contribution in [3.8, 4) is 23.1 Å². The largest absolute Gasteiger partial charge is 0.494 e. The van der Waals surface area contributed by atoms with Gasteiger partial charge in [-0.15, -0.1) is 6.58 Å². The molecular weight excluding hydrogens is 366 g/mol. The number of likely N-dealkylation sites (N-methyl/N-ethyl adjacent to an activating group) is 1. The Balaban J connectivity index is 2.01. The maximum atomic E-state index is 12.7. The van der Waals surface area contributed by atoms with Crippen molar-refractivity contribution in [2.75, 3.05) is 27.5 Å². The van der Waals surface area contributed by atoms with Crippen molar-refractivity contribution in [3.05, 3.63) is 56.2 Å². The number of quaternary nitrogens is 1. The first kappa shape index (κ1) is 18.2. The van der Waals surface area contributed by atoms with Crippen LogP contribution in [-0.2, 0) is 13.0 Å². The lowest BCUT2D eigenvalue weighted by Gasteiger charge is -2.33. The van der Waals surface area contributed by atoms with E-state index < -0.39 is 17.3 Å². The van der Waals surface area contributed by atoms with Gasteiger partial charge in [0.25, 0.3) is 5.56 Å². The first-order valence-electron chi connectivity index (χ1n) is 8.96. The maximum Gasteiger partial charge on any atom is 0.331 e. The van der Waals surface area contributed by atoms with Gasteiger partial charge in [-0.2, -0.15) is 0 Å². The van der Waals surface area contributed by atoms with Gasteiger partial charge in [0, 0.05) is 13.0 Å². The molecule has 9 heteroatoms. The maximum absolute atomic E-state index is 12.7. The summed E-state index contributed by atoms with van der Waals surface area (Å²) in [6, 6.07) is 1.35. The normalized spacial score (nSPS) is 19.9. The van der Waals surface area contributed by atoms with E-state index in [1.165, 1.54) is 13.2 Å². The lowest BCUT2D eigenvalue weighted by Crippen LogP contribution is -3.10. The van der Waals surface area contributed by atoms with Crippen molar-refractivity contribution < 1.29 is 24.2 Å². The Morgan fingerprint density at radius 2 is 2.21 bits per heavy atom. The fourth-order valence-corrected chi connectivity index (χ4v) is 4.05. The number of rotatable bonds is 4. The molecule has 1 aromatic heterocycles. The molecule has 3 heterocycles. The molecule has 1 aromatic carbocycles. The highest BCUT2D eigenvalue weighted by Gasteiger charge is 2.40. The molecule has 0 saturated heterocycles. The fourth-order valence-electron chi connectivity index (χ4n) is 4.05. The number of nitrogens with one attached hydrogen (secondary N) is 2. The van der Waals surface area contributed by atoms with Crippen molar-refractivity contribution in [1.29, 1.82) is 0 Å². The van der Waals surface area contributed by atoms with E-state index in [4.69, 9.17) is 14.2 Å². The van der Waals surface area contributed by atoms with E-state index in [9.17, 15) is 14.7 Å². The van der Waals surface area contributed by atoms with E-state index in [0.29, 0.717) is 17.2 Å². The van der Waals surface area contributed by atoms with Gasteiger partial charge in [0.05, 0.1) is 26.3 Å². The summed E-state index contributed by atoms with van der Waals surface area (Å²) < 4.78 is 17.8. The molecule has 0 saturated carbocycles. The molecule has 2 atom stereocenters. The summed E-state index contributed by atoms with van der Waals surface area (Å²) in [5.74, 6) is 1.19. The van der Waals surface area contributed by atoms with Crippen molar-refractivity contribution in [1.82, 2.24) is 9.55 Å². The number of aromatic nitrogens is 2. The first-order chi connectivity index (χ1) is 13.5. The Hall–Kier alpha value is -3.20. The molecular formula is C19H22N3O6+. The van der Waals surface area contributed by atoms with Crippen LogP contribution in [0.4, 0.5) is 0 Å². The predicted octanol–water partition coefficient (Wildman–Crippen LogP) is -0.674. The molecule has 0 spiro atoms. The minimum Gasteiger partial charge on any atom is -0.494 e. The molecule has 0 radical (unpaired) electrons. The van der Waals surface area contributed by atoms with Gasteiger partial charge >= 0.3 is 5.69 Å². The van der Waals surface area contributed by atoms with Crippen molar-refractivity contribution >= 4 is 0 Å². The minimum absolute atomic E-state index is 0.0747. The Morgan fingerprint density at radius 3 is 2.93 bits per heavy atom. The second-order valence-electron chi connectivity index (χ2n) is 6.89. The van der Waals surface area contributed by atoms with Crippen LogP contribution < -0.4 is 30.4 Å². The van der Waals surface area contributed by atoms with Crippen LogP contribution in [0.2, 0.25) is 0 Å². The third kappa shape index (κ3) is 2.58. The summed E-state index contributed by atoms with van der Waals surface area (Å²) in [4.78, 5) is 28.1. The summed E-state index contributed by atoms with van der Waals surface area (Å²) in [5.41, 5.74) is 0.506. The number of hydrogen-bond acceptors (Lipinski definition) is 6. The number of aromatic amines is 1. The van der Waals surface area contributed by atoms with Gasteiger partial charge in [-0.1, -0.05) is 6.08 Å². The molecule has 2 aliphatic rings. The second kappa shape index (κ2) is 6.75. The monoisotopic (exact) mass is 388 g/mol. The second-order valence-corrected chi connectivity index (χ2v) is 6.89. The number of hydrogen-bond donors (Lipinski definition) is 3. The van der Waals surface area contributed by atoms with Crippen LogP contribution in [0.3, 0.4) is 0 Å². The van der Waals surface area contributed by atoms with Crippen molar-refractivity contribution in [3.63, 3.8) is 0 Å². The number of nitrogens with zero attached hydrogens (tertiary/aromatic N) is 1. The van der Waals surface area contributed by atoms with Gasteiger partial charge in [-0.05, 0) is 11.6 Å². The van der Waals surface area contributed by atoms with Gasteiger partial charge in [-0.3, -0.25) is 14.3 Å². The summed E-state index contributed by atoms with van der Waals surface area (Å²) in [7, 11) is 3.46. The van der Waals surface area contributed by atoms with Gasteiger partial charge in [0.1, 0.15) is 5.56 Å². The number of H-pyrrole nitrogens is 1. The molecule has 148 valence electrons. The number of methoxy groups -OCH3 is 1. The Kier molecular flexibility index (Phi) is 4.38. The van der Waals surface area contributed by atoms with Crippen LogP contribution >= 0.6 is 0 Å². The number of benzene rings is 1. The van der Waals surface area contributed by atoms with E-state index in [1.54, 1.807) is 0 Å². The van der Waals surface area contributed by atoms with Crippen LogP contribution in [0.1, 0.15) is 22.7 Å². The molecule has 28 heavy (non-hydrogen) atoms. The molecule has 0 aliphatic carbocycles. The number of ether oxygens (including phenoxy) is 3. The number of allylic oxidation sites excluding steroid dienone is 1. The minimum atomic E-state index is -0.683. The van der Waals surface area contributed by atoms with E-state index in [1.807, 2.05) is 13.1 Å². The molecule has 1 unspecified atom stereocenters. The average molecular weight is 388 g/mol. The highest BCUT2D eigenvalue weighted by atomic mass is 16.7. The summed E-state index contributed by atoms with van der Waals surface area (Å²) in [6.07, 6.45) is 2.23. The third-order valence-electron chi connectivity index (χ3n) is 5.33. The molecule has 0 bridgehead atoms. The van der Waals surface area contributed by atoms with Gasteiger partial charge in [0.15, 0.2) is 17.5 Å². The zero-order chi connectivity index (χ0) is 20.0. The first-order valence-corrected chi connectivity index (χ1v) is 8.96. The lowest BCUT2D eigenvalue weighted by molar-refractivity contribution is -0.908. The zero-order valence-electron chi connectivity index (χ0n) is 15.7. The van der Waals surface area contributed by atoms with E-state index in [0.717, 1.165) is 33.6 Å². The fraction of sp³-hybridized carbons (Fsp3) is 0.368. The number of aromatic hydroxyl groups is 1. The SMILES string of the molecule is C=CCn1c(O)c([C@@H]2c3c(cc4c(c3OC)OCO4)CC[NH+]2C)c(=O)[nH]c1=O. The van der Waals surface area contributed by atoms with Gasteiger partial charge < -0.3 is 24.2 Å². The third-order valence-corrected chi connectivity index (χ3v) is 5.33. The van der Waals surface area contributed by atoms with Crippen LogP contribution in [-0.4, -0.2) is 42.2 Å². The molecule has 2 aromatic rings. The average Bonchev–Trinajstić information content (AvgIpc) is 3.13. The van der Waals surface area contributed by atoms with Crippen LogP contribution in [0.5, 0.6) is 23.1 Å². The van der Waals surface area contributed by atoms with Crippen LogP contribution in [0.25, 0.3) is 0 Å². The molecule has 2 aliphatic heterocycles. The van der Waals surface area contributed by atoms with Crippen molar-refractivity contribution in [2.45, 2.75) is 19.0 Å². The summed E-state index contributed by atoms with van der Waals surface area (Å²) in [6.45, 7) is 4.49. The molecule has 0 amide bonds. The van der Waals surface area contributed by atoms with Gasteiger partial charge in [0.2, 0.25) is 18.4 Å². The number of fused-ring (bicyclic) bond motifs is 2. The van der Waals surface area contributed by atoms with Gasteiger partial charge in [-0.25, -0.2) is 4.79 Å². The Labute approximate surface area is 160 Å². The topological polar surface area (TPSA) is 107 Å². The van der Waals surface area contributed by atoms with Crippen LogP contribution in [0.15, 0.2) is 28.3 Å². The predicted molar refractivity (Wildman–Crippen MR) is 99.6 cm³/mol. The Bertz CT molecular complexity index is 1070. The lowest BCUT2D eigenvalue weighted by atomic mass is 9.87. The Morgan fingerprint density at radius 1 is 1.43 bits per heavy atom. The highest BCUT2D eigenvalue weighted by Crippen LogP contribution is 2.48. The molecule has 0 fully saturated rings. The smallest absolute Gasteiger partial charge is 0.331 e. The summed E-state index contributed by atoms with van der Waals surface area (Å²) >= 11 is 0. The van der Waals surface area contributed by atoms with Crippen molar-refractivity contribution in [2.24, 2.45) is 0 Å². The quantitative estimate of drug-likeness (QED) is 0.600.